The predicted molar refractivity (Wildman–Crippen MR) is 145 cm³/mol. The zero-order valence-corrected chi connectivity index (χ0v) is 23.0. The Labute approximate surface area is 227 Å². The molecule has 208 valence electrons. The Bertz CT molecular complexity index is 1400. The number of benzene rings is 2. The molecule has 0 saturated carbocycles. The summed E-state index contributed by atoms with van der Waals surface area (Å²) in [4.78, 5) is 28.1. The van der Waals surface area contributed by atoms with E-state index in [2.05, 4.69) is 0 Å². The molecule has 1 amide bonds. The van der Waals surface area contributed by atoms with Gasteiger partial charge in [-0.15, -0.1) is 0 Å². The zero-order valence-electron chi connectivity index (χ0n) is 23.0. The van der Waals surface area contributed by atoms with E-state index in [4.69, 9.17) is 19.9 Å². The SMILES string of the molecule is COCCn1cc(C(=O)N2CCC3(CC2)COc2ccc(C(N)C(=O)OC(C)(C)C)cc23)c2cccc(F)c21. The van der Waals surface area contributed by atoms with Gasteiger partial charge in [0.1, 0.15) is 23.2 Å². The highest BCUT2D eigenvalue weighted by Gasteiger charge is 2.44. The molecule has 1 atom stereocenters. The van der Waals surface area contributed by atoms with E-state index in [9.17, 15) is 14.0 Å². The molecular formula is C30H36FN3O5. The second kappa shape index (κ2) is 10.3. The van der Waals surface area contributed by atoms with Gasteiger partial charge < -0.3 is 29.4 Å². The molecule has 3 aromatic rings. The van der Waals surface area contributed by atoms with Crippen molar-refractivity contribution in [2.24, 2.45) is 5.73 Å². The average Bonchev–Trinajstić information content (AvgIpc) is 3.45. The van der Waals surface area contributed by atoms with E-state index < -0.39 is 17.6 Å². The van der Waals surface area contributed by atoms with Gasteiger partial charge in [-0.05, 0) is 57.4 Å². The number of carbonyl (C=O) groups excluding carboxylic acids is 2. The number of esters is 1. The minimum Gasteiger partial charge on any atom is -0.492 e. The van der Waals surface area contributed by atoms with Gasteiger partial charge in [-0.25, -0.2) is 9.18 Å². The van der Waals surface area contributed by atoms with Crippen LogP contribution in [0.2, 0.25) is 0 Å². The normalized spacial score (nSPS) is 17.2. The summed E-state index contributed by atoms with van der Waals surface area (Å²) < 4.78 is 33.2. The number of carbonyl (C=O) groups is 2. The molecule has 9 heteroatoms. The van der Waals surface area contributed by atoms with Crippen LogP contribution in [0.3, 0.4) is 0 Å². The Morgan fingerprint density at radius 1 is 1.18 bits per heavy atom. The molecule has 1 fully saturated rings. The monoisotopic (exact) mass is 537 g/mol. The summed E-state index contributed by atoms with van der Waals surface area (Å²) in [6.07, 6.45) is 3.14. The van der Waals surface area contributed by atoms with Crippen molar-refractivity contribution in [1.82, 2.24) is 9.47 Å². The van der Waals surface area contributed by atoms with Crippen LogP contribution in [0.4, 0.5) is 4.39 Å². The molecule has 2 N–H and O–H groups in total. The highest BCUT2D eigenvalue weighted by Crippen LogP contribution is 2.46. The largest absolute Gasteiger partial charge is 0.492 e. The first kappa shape index (κ1) is 27.1. The van der Waals surface area contributed by atoms with Crippen molar-refractivity contribution >= 4 is 22.8 Å². The number of aromatic nitrogens is 1. The van der Waals surface area contributed by atoms with Crippen molar-refractivity contribution in [2.45, 2.75) is 57.2 Å². The van der Waals surface area contributed by atoms with Gasteiger partial charge in [-0.1, -0.05) is 18.2 Å². The van der Waals surface area contributed by atoms with Crippen molar-refractivity contribution in [1.29, 1.82) is 0 Å². The van der Waals surface area contributed by atoms with E-state index in [0.29, 0.717) is 67.7 Å². The third kappa shape index (κ3) is 5.13. The lowest BCUT2D eigenvalue weighted by Crippen LogP contribution is -2.46. The second-order valence-electron chi connectivity index (χ2n) is 11.5. The van der Waals surface area contributed by atoms with E-state index in [1.54, 1.807) is 30.0 Å². The van der Waals surface area contributed by atoms with E-state index >= 15 is 0 Å². The van der Waals surface area contributed by atoms with Crippen LogP contribution < -0.4 is 10.5 Å². The summed E-state index contributed by atoms with van der Waals surface area (Å²) in [5.41, 5.74) is 7.97. The van der Waals surface area contributed by atoms with Crippen LogP contribution in [0.1, 0.15) is 61.1 Å². The number of amides is 1. The van der Waals surface area contributed by atoms with Gasteiger partial charge in [0, 0.05) is 49.3 Å². The molecule has 1 unspecified atom stereocenters. The van der Waals surface area contributed by atoms with Gasteiger partial charge >= 0.3 is 5.97 Å². The minimum absolute atomic E-state index is 0.114. The number of nitrogens with zero attached hydrogens (tertiary/aromatic N) is 2. The lowest BCUT2D eigenvalue weighted by Gasteiger charge is -2.38. The van der Waals surface area contributed by atoms with E-state index in [1.807, 2.05) is 43.9 Å². The number of methoxy groups -OCH3 is 1. The number of piperidine rings is 1. The molecule has 0 bridgehead atoms. The van der Waals surface area contributed by atoms with Crippen LogP contribution in [0, 0.1) is 5.82 Å². The number of para-hydroxylation sites is 1. The number of halogens is 1. The van der Waals surface area contributed by atoms with Gasteiger partial charge in [0.05, 0.1) is 24.3 Å². The van der Waals surface area contributed by atoms with E-state index in [1.165, 1.54) is 6.07 Å². The van der Waals surface area contributed by atoms with Crippen LogP contribution in [-0.2, 0) is 26.2 Å². The lowest BCUT2D eigenvalue weighted by molar-refractivity contribution is -0.156. The van der Waals surface area contributed by atoms with Crippen LogP contribution in [0.15, 0.2) is 42.6 Å². The number of ether oxygens (including phenoxy) is 3. The molecule has 3 heterocycles. The Hall–Kier alpha value is -3.43. The van der Waals surface area contributed by atoms with Gasteiger partial charge in [0.25, 0.3) is 5.91 Å². The third-order valence-corrected chi connectivity index (χ3v) is 7.72. The molecule has 2 aliphatic heterocycles. The summed E-state index contributed by atoms with van der Waals surface area (Å²) in [6.45, 7) is 7.87. The fourth-order valence-electron chi connectivity index (χ4n) is 5.65. The van der Waals surface area contributed by atoms with E-state index in [-0.39, 0.29) is 17.1 Å². The van der Waals surface area contributed by atoms with Crippen LogP contribution in [-0.4, -0.2) is 60.4 Å². The summed E-state index contributed by atoms with van der Waals surface area (Å²) in [6, 6.07) is 9.56. The molecule has 1 aromatic heterocycles. The van der Waals surface area contributed by atoms with Crippen LogP contribution in [0.5, 0.6) is 5.75 Å². The number of rotatable bonds is 6. The van der Waals surface area contributed by atoms with Gasteiger partial charge in [-0.2, -0.15) is 0 Å². The summed E-state index contributed by atoms with van der Waals surface area (Å²) >= 11 is 0. The molecule has 5 rings (SSSR count). The maximum absolute atomic E-state index is 14.7. The number of likely N-dealkylation sites (tertiary alicyclic amines) is 1. The zero-order chi connectivity index (χ0) is 27.9. The Morgan fingerprint density at radius 3 is 2.62 bits per heavy atom. The first-order valence-corrected chi connectivity index (χ1v) is 13.3. The molecule has 39 heavy (non-hydrogen) atoms. The topological polar surface area (TPSA) is 96.0 Å². The molecule has 8 nitrogen and oxygen atoms in total. The summed E-state index contributed by atoms with van der Waals surface area (Å²) in [5.74, 6) is -0.166. The summed E-state index contributed by atoms with van der Waals surface area (Å²) in [5, 5.41) is 0.603. The molecular weight excluding hydrogens is 501 g/mol. The average molecular weight is 538 g/mol. The lowest BCUT2D eigenvalue weighted by atomic mass is 9.73. The molecule has 2 aromatic carbocycles. The molecule has 2 aliphatic rings. The van der Waals surface area contributed by atoms with Crippen molar-refractivity contribution in [3.05, 3.63) is 65.1 Å². The minimum atomic E-state index is -0.898. The molecule has 0 aliphatic carbocycles. The van der Waals surface area contributed by atoms with Crippen molar-refractivity contribution < 1.29 is 28.2 Å². The first-order valence-electron chi connectivity index (χ1n) is 13.3. The molecule has 1 saturated heterocycles. The maximum atomic E-state index is 14.7. The van der Waals surface area contributed by atoms with Crippen LogP contribution >= 0.6 is 0 Å². The third-order valence-electron chi connectivity index (χ3n) is 7.72. The number of hydrogen-bond acceptors (Lipinski definition) is 6. The number of hydrogen-bond donors (Lipinski definition) is 1. The highest BCUT2D eigenvalue weighted by molar-refractivity contribution is 6.07. The Morgan fingerprint density at radius 2 is 1.92 bits per heavy atom. The standard InChI is InChI=1S/C30H36FN3O5/c1-29(2,3)39-28(36)25(32)19-8-9-24-22(16-19)30(18-38-24)10-12-33(13-11-30)27(35)21-17-34(14-15-37-4)26-20(21)6-5-7-23(26)31/h5-9,16-17,25H,10-15,18,32H2,1-4H3. The van der Waals surface area contributed by atoms with Crippen molar-refractivity contribution in [2.75, 3.05) is 33.4 Å². The van der Waals surface area contributed by atoms with Crippen molar-refractivity contribution in [3.8, 4) is 5.75 Å². The van der Waals surface area contributed by atoms with Gasteiger partial charge in [0.2, 0.25) is 0 Å². The maximum Gasteiger partial charge on any atom is 0.328 e. The smallest absolute Gasteiger partial charge is 0.328 e. The molecule has 0 radical (unpaired) electrons. The first-order chi connectivity index (χ1) is 18.5. The fraction of sp³-hybridized carbons (Fsp3) is 0.467. The van der Waals surface area contributed by atoms with Crippen LogP contribution in [0.25, 0.3) is 10.9 Å². The van der Waals surface area contributed by atoms with Gasteiger partial charge in [-0.3, -0.25) is 4.79 Å². The highest BCUT2D eigenvalue weighted by atomic mass is 19.1. The number of nitrogens with two attached hydrogens (primary N) is 1. The number of fused-ring (bicyclic) bond motifs is 3. The Balaban J connectivity index is 1.35. The molecule has 1 spiro atoms. The Kier molecular flexibility index (Phi) is 7.15. The van der Waals surface area contributed by atoms with Crippen molar-refractivity contribution in [3.63, 3.8) is 0 Å². The van der Waals surface area contributed by atoms with Gasteiger partial charge in [0.15, 0.2) is 0 Å². The summed E-state index contributed by atoms with van der Waals surface area (Å²) in [7, 11) is 1.59. The predicted octanol–water partition coefficient (Wildman–Crippen LogP) is 4.33. The fourth-order valence-corrected chi connectivity index (χ4v) is 5.65. The quantitative estimate of drug-likeness (QED) is 0.470. The van der Waals surface area contributed by atoms with E-state index in [0.717, 1.165) is 11.3 Å². The second-order valence-corrected chi connectivity index (χ2v) is 11.5.